The van der Waals surface area contributed by atoms with Crippen LogP contribution in [-0.2, 0) is 11.2 Å². The quantitative estimate of drug-likeness (QED) is 0.768. The molecular weight excluding hydrogens is 188 g/mol. The van der Waals surface area contributed by atoms with Crippen molar-refractivity contribution in [2.75, 3.05) is 0 Å². The van der Waals surface area contributed by atoms with Crippen molar-refractivity contribution in [1.29, 1.82) is 0 Å². The van der Waals surface area contributed by atoms with Gasteiger partial charge in [-0.3, -0.25) is 9.36 Å². The first-order valence-corrected chi connectivity index (χ1v) is 5.01. The first kappa shape index (κ1) is 9.93. The van der Waals surface area contributed by atoms with Gasteiger partial charge in [0.1, 0.15) is 0 Å². The van der Waals surface area contributed by atoms with Crippen LogP contribution in [0.15, 0.2) is 30.5 Å². The SMILES string of the molecule is C[C@@H](N)Cc1cn(C=O)c2ccccc12. The highest BCUT2D eigenvalue weighted by Crippen LogP contribution is 2.21. The molecule has 0 saturated carbocycles. The number of nitrogens with two attached hydrogens (primary N) is 1. The second-order valence-electron chi connectivity index (χ2n) is 3.87. The normalized spacial score (nSPS) is 12.9. The molecule has 0 aliphatic rings. The van der Waals surface area contributed by atoms with Crippen LogP contribution in [0.1, 0.15) is 12.5 Å². The molecule has 0 radical (unpaired) electrons. The summed E-state index contributed by atoms with van der Waals surface area (Å²) in [5.74, 6) is 0. The molecule has 0 aliphatic heterocycles. The number of benzene rings is 1. The van der Waals surface area contributed by atoms with Crippen LogP contribution in [0.2, 0.25) is 0 Å². The first-order valence-electron chi connectivity index (χ1n) is 5.01. The van der Waals surface area contributed by atoms with Crippen LogP contribution in [0, 0.1) is 0 Å². The van der Waals surface area contributed by atoms with Gasteiger partial charge in [0.05, 0.1) is 5.52 Å². The minimum atomic E-state index is 0.107. The van der Waals surface area contributed by atoms with Crippen molar-refractivity contribution in [3.63, 3.8) is 0 Å². The third kappa shape index (κ3) is 1.78. The monoisotopic (exact) mass is 202 g/mol. The van der Waals surface area contributed by atoms with Gasteiger partial charge in [-0.2, -0.15) is 0 Å². The van der Waals surface area contributed by atoms with Crippen LogP contribution >= 0.6 is 0 Å². The molecule has 15 heavy (non-hydrogen) atoms. The largest absolute Gasteiger partial charge is 0.328 e. The number of carbonyl (C=O) groups excluding carboxylic acids is 1. The molecule has 0 saturated heterocycles. The van der Waals surface area contributed by atoms with Gasteiger partial charge < -0.3 is 5.73 Å². The van der Waals surface area contributed by atoms with Crippen molar-refractivity contribution in [2.24, 2.45) is 5.73 Å². The second kappa shape index (κ2) is 3.87. The fourth-order valence-corrected chi connectivity index (χ4v) is 1.87. The fourth-order valence-electron chi connectivity index (χ4n) is 1.87. The molecule has 2 aromatic rings. The van der Waals surface area contributed by atoms with Crippen molar-refractivity contribution in [2.45, 2.75) is 19.4 Å². The molecule has 2 N–H and O–H groups in total. The number of hydrogen-bond donors (Lipinski definition) is 1. The van der Waals surface area contributed by atoms with Crippen molar-refractivity contribution in [1.82, 2.24) is 4.57 Å². The molecule has 1 atom stereocenters. The van der Waals surface area contributed by atoms with E-state index < -0.39 is 0 Å². The Balaban J connectivity index is 2.59. The zero-order chi connectivity index (χ0) is 10.8. The predicted molar refractivity (Wildman–Crippen MR) is 61.4 cm³/mol. The van der Waals surface area contributed by atoms with E-state index in [0.29, 0.717) is 0 Å². The van der Waals surface area contributed by atoms with Crippen molar-refractivity contribution in [3.05, 3.63) is 36.0 Å². The standard InChI is InChI=1S/C12H14N2O/c1-9(13)6-10-7-14(8-15)12-5-3-2-4-11(10)12/h2-5,7-9H,6,13H2,1H3/t9-/m1/s1. The summed E-state index contributed by atoms with van der Waals surface area (Å²) in [5, 5.41) is 1.11. The lowest BCUT2D eigenvalue weighted by atomic mass is 10.1. The molecule has 1 aromatic heterocycles. The van der Waals surface area contributed by atoms with Crippen LogP contribution in [0.3, 0.4) is 0 Å². The predicted octanol–water partition coefficient (Wildman–Crippen LogP) is 1.57. The van der Waals surface area contributed by atoms with E-state index in [-0.39, 0.29) is 6.04 Å². The van der Waals surface area contributed by atoms with Crippen molar-refractivity contribution < 1.29 is 4.79 Å². The number of rotatable bonds is 3. The molecule has 2 rings (SSSR count). The summed E-state index contributed by atoms with van der Waals surface area (Å²) in [7, 11) is 0. The summed E-state index contributed by atoms with van der Waals surface area (Å²) < 4.78 is 1.60. The van der Waals surface area contributed by atoms with Crippen molar-refractivity contribution >= 4 is 17.3 Å². The van der Waals surface area contributed by atoms with E-state index in [1.807, 2.05) is 37.4 Å². The minimum absolute atomic E-state index is 0.107. The zero-order valence-electron chi connectivity index (χ0n) is 8.68. The lowest BCUT2D eigenvalue weighted by molar-refractivity contribution is 0.549. The van der Waals surface area contributed by atoms with Crippen molar-refractivity contribution in [3.8, 4) is 0 Å². The van der Waals surface area contributed by atoms with E-state index in [4.69, 9.17) is 5.73 Å². The Kier molecular flexibility index (Phi) is 2.56. The van der Waals surface area contributed by atoms with Gasteiger partial charge in [0.25, 0.3) is 0 Å². The number of para-hydroxylation sites is 1. The molecule has 0 fully saturated rings. The highest BCUT2D eigenvalue weighted by molar-refractivity contribution is 5.88. The highest BCUT2D eigenvalue weighted by Gasteiger charge is 2.08. The maximum absolute atomic E-state index is 10.9. The Bertz CT molecular complexity index is 485. The topological polar surface area (TPSA) is 48.0 Å². The molecule has 0 amide bonds. The van der Waals surface area contributed by atoms with Gasteiger partial charge in [-0.1, -0.05) is 18.2 Å². The maximum atomic E-state index is 10.9. The highest BCUT2D eigenvalue weighted by atomic mass is 16.1. The van der Waals surface area contributed by atoms with E-state index >= 15 is 0 Å². The van der Waals surface area contributed by atoms with Crippen LogP contribution in [-0.4, -0.2) is 17.0 Å². The molecule has 78 valence electrons. The molecule has 0 unspecified atom stereocenters. The van der Waals surface area contributed by atoms with Gasteiger partial charge in [0.15, 0.2) is 0 Å². The molecule has 0 spiro atoms. The van der Waals surface area contributed by atoms with Gasteiger partial charge in [0.2, 0.25) is 6.41 Å². The van der Waals surface area contributed by atoms with Gasteiger partial charge in [-0.25, -0.2) is 0 Å². The smallest absolute Gasteiger partial charge is 0.218 e. The summed E-state index contributed by atoms with van der Waals surface area (Å²) in [6, 6.07) is 7.97. The second-order valence-corrected chi connectivity index (χ2v) is 3.87. The Labute approximate surface area is 88.5 Å². The van der Waals surface area contributed by atoms with E-state index in [0.717, 1.165) is 29.3 Å². The van der Waals surface area contributed by atoms with Gasteiger partial charge in [-0.15, -0.1) is 0 Å². The maximum Gasteiger partial charge on any atom is 0.218 e. The number of nitrogens with zero attached hydrogens (tertiary/aromatic N) is 1. The van der Waals surface area contributed by atoms with Crippen LogP contribution in [0.25, 0.3) is 10.9 Å². The summed E-state index contributed by atoms with van der Waals surface area (Å²) in [6.45, 7) is 1.97. The number of aromatic nitrogens is 1. The van der Waals surface area contributed by atoms with Gasteiger partial charge in [-0.05, 0) is 25.0 Å². The average Bonchev–Trinajstić information content (AvgIpc) is 2.56. The number of hydrogen-bond acceptors (Lipinski definition) is 2. The van der Waals surface area contributed by atoms with Gasteiger partial charge in [0, 0.05) is 17.6 Å². The molecular formula is C12H14N2O. The van der Waals surface area contributed by atoms with Crippen LogP contribution in [0.4, 0.5) is 0 Å². The molecule has 0 bridgehead atoms. The first-order chi connectivity index (χ1) is 7.22. The molecule has 3 nitrogen and oxygen atoms in total. The summed E-state index contributed by atoms with van der Waals surface area (Å²) in [6.07, 6.45) is 3.48. The minimum Gasteiger partial charge on any atom is -0.328 e. The summed E-state index contributed by atoms with van der Waals surface area (Å²) in [5.41, 5.74) is 7.85. The Morgan fingerprint density at radius 2 is 2.20 bits per heavy atom. The third-order valence-corrected chi connectivity index (χ3v) is 2.48. The third-order valence-electron chi connectivity index (χ3n) is 2.48. The Morgan fingerprint density at radius 3 is 2.87 bits per heavy atom. The zero-order valence-corrected chi connectivity index (χ0v) is 8.68. The van der Waals surface area contributed by atoms with E-state index in [9.17, 15) is 4.79 Å². The van der Waals surface area contributed by atoms with E-state index in [1.165, 1.54) is 0 Å². The lowest BCUT2D eigenvalue weighted by Gasteiger charge is -2.02. The van der Waals surface area contributed by atoms with E-state index in [1.54, 1.807) is 4.57 Å². The Hall–Kier alpha value is -1.61. The number of carbonyl (C=O) groups is 1. The molecule has 0 aliphatic carbocycles. The van der Waals surface area contributed by atoms with Crippen LogP contribution < -0.4 is 5.73 Å². The molecule has 1 aromatic carbocycles. The lowest BCUT2D eigenvalue weighted by Crippen LogP contribution is -2.17. The molecule has 3 heteroatoms. The molecule has 1 heterocycles. The Morgan fingerprint density at radius 1 is 1.47 bits per heavy atom. The van der Waals surface area contributed by atoms with E-state index in [2.05, 4.69) is 0 Å². The van der Waals surface area contributed by atoms with Gasteiger partial charge >= 0.3 is 0 Å². The summed E-state index contributed by atoms with van der Waals surface area (Å²) in [4.78, 5) is 10.9. The number of fused-ring (bicyclic) bond motifs is 1. The average molecular weight is 202 g/mol. The fraction of sp³-hybridized carbons (Fsp3) is 0.250. The van der Waals surface area contributed by atoms with Crippen LogP contribution in [0.5, 0.6) is 0 Å². The summed E-state index contributed by atoms with van der Waals surface area (Å²) >= 11 is 0.